The number of hydrogen-bond acceptors (Lipinski definition) is 2. The van der Waals surface area contributed by atoms with E-state index in [4.69, 9.17) is 5.10 Å². The van der Waals surface area contributed by atoms with Crippen molar-refractivity contribution in [1.82, 2.24) is 19.7 Å². The van der Waals surface area contributed by atoms with Crippen LogP contribution in [0.1, 0.15) is 58.0 Å². The van der Waals surface area contributed by atoms with Crippen molar-refractivity contribution in [3.8, 4) is 0 Å². The van der Waals surface area contributed by atoms with Gasteiger partial charge in [-0.25, -0.2) is 0 Å². The van der Waals surface area contributed by atoms with Gasteiger partial charge in [-0.15, -0.1) is 0 Å². The molecular weight excluding hydrogens is 260 g/mol. The third-order valence-corrected chi connectivity index (χ3v) is 3.93. The van der Waals surface area contributed by atoms with E-state index in [0.29, 0.717) is 12.1 Å². The lowest BCUT2D eigenvalue weighted by atomic mass is 10.2. The molecule has 0 spiro atoms. The Morgan fingerprint density at radius 1 is 1.14 bits per heavy atom. The first kappa shape index (κ1) is 15.8. The van der Waals surface area contributed by atoms with Gasteiger partial charge in [-0.3, -0.25) is 4.68 Å². The van der Waals surface area contributed by atoms with Gasteiger partial charge in [0, 0.05) is 30.7 Å². The van der Waals surface area contributed by atoms with Gasteiger partial charge in [0.25, 0.3) is 0 Å². The fourth-order valence-corrected chi connectivity index (χ4v) is 2.58. The standard InChI is InChI=1S/C17H28N4/c1-5-16(6-2)21-11-9-15(19-21)13-20-10-7-8-17(20)12-18-14(3)4/h7-11,14,16,18H,5-6,12-13H2,1-4H3. The van der Waals surface area contributed by atoms with Gasteiger partial charge in [-0.2, -0.15) is 5.10 Å². The van der Waals surface area contributed by atoms with E-state index in [2.05, 4.69) is 72.9 Å². The summed E-state index contributed by atoms with van der Waals surface area (Å²) in [4.78, 5) is 0. The third kappa shape index (κ3) is 4.21. The van der Waals surface area contributed by atoms with Gasteiger partial charge in [0.2, 0.25) is 0 Å². The summed E-state index contributed by atoms with van der Waals surface area (Å²) >= 11 is 0. The van der Waals surface area contributed by atoms with Crippen molar-refractivity contribution in [1.29, 1.82) is 0 Å². The largest absolute Gasteiger partial charge is 0.344 e. The fourth-order valence-electron chi connectivity index (χ4n) is 2.58. The molecule has 0 atom stereocenters. The van der Waals surface area contributed by atoms with Crippen LogP contribution in [0.3, 0.4) is 0 Å². The maximum absolute atomic E-state index is 4.74. The Bertz CT molecular complexity index is 534. The third-order valence-electron chi connectivity index (χ3n) is 3.93. The topological polar surface area (TPSA) is 34.8 Å². The zero-order valence-electron chi connectivity index (χ0n) is 13.7. The molecule has 2 rings (SSSR count). The van der Waals surface area contributed by atoms with Gasteiger partial charge in [0.15, 0.2) is 0 Å². The molecule has 0 bridgehead atoms. The van der Waals surface area contributed by atoms with Gasteiger partial charge >= 0.3 is 0 Å². The van der Waals surface area contributed by atoms with Crippen molar-refractivity contribution in [3.63, 3.8) is 0 Å². The zero-order chi connectivity index (χ0) is 15.2. The molecule has 4 nitrogen and oxygen atoms in total. The SMILES string of the molecule is CCC(CC)n1ccc(Cn2cccc2CNC(C)C)n1. The van der Waals surface area contributed by atoms with Crippen LogP contribution in [0.2, 0.25) is 0 Å². The van der Waals surface area contributed by atoms with E-state index >= 15 is 0 Å². The molecule has 0 aliphatic rings. The minimum absolute atomic E-state index is 0.502. The van der Waals surface area contributed by atoms with Crippen molar-refractivity contribution in [2.24, 2.45) is 0 Å². The molecule has 0 fully saturated rings. The Balaban J connectivity index is 2.03. The van der Waals surface area contributed by atoms with Crippen LogP contribution in [-0.2, 0) is 13.1 Å². The molecule has 0 unspecified atom stereocenters. The van der Waals surface area contributed by atoms with E-state index in [1.165, 1.54) is 5.69 Å². The lowest BCUT2D eigenvalue weighted by molar-refractivity contribution is 0.424. The highest BCUT2D eigenvalue weighted by Crippen LogP contribution is 2.15. The highest BCUT2D eigenvalue weighted by Gasteiger charge is 2.09. The summed E-state index contributed by atoms with van der Waals surface area (Å²) in [7, 11) is 0. The molecule has 2 aromatic rings. The maximum atomic E-state index is 4.74. The lowest BCUT2D eigenvalue weighted by Gasteiger charge is -2.13. The summed E-state index contributed by atoms with van der Waals surface area (Å²) in [6, 6.07) is 7.44. The molecule has 2 heterocycles. The zero-order valence-corrected chi connectivity index (χ0v) is 13.7. The molecule has 0 radical (unpaired) electrons. The highest BCUT2D eigenvalue weighted by molar-refractivity contribution is 5.11. The predicted octanol–water partition coefficient (Wildman–Crippen LogP) is 3.59. The van der Waals surface area contributed by atoms with Crippen LogP contribution in [0.4, 0.5) is 0 Å². The monoisotopic (exact) mass is 288 g/mol. The molecule has 116 valence electrons. The molecule has 0 aromatic carbocycles. The van der Waals surface area contributed by atoms with Crippen LogP contribution in [0, 0.1) is 0 Å². The van der Waals surface area contributed by atoms with E-state index < -0.39 is 0 Å². The van der Waals surface area contributed by atoms with Crippen LogP contribution < -0.4 is 5.32 Å². The molecule has 4 heteroatoms. The van der Waals surface area contributed by atoms with Crippen LogP contribution in [-0.4, -0.2) is 20.4 Å². The number of hydrogen-bond donors (Lipinski definition) is 1. The highest BCUT2D eigenvalue weighted by atomic mass is 15.3. The maximum Gasteiger partial charge on any atom is 0.0821 e. The molecule has 21 heavy (non-hydrogen) atoms. The first-order chi connectivity index (χ1) is 10.1. The van der Waals surface area contributed by atoms with E-state index in [0.717, 1.165) is 31.6 Å². The van der Waals surface area contributed by atoms with E-state index in [1.54, 1.807) is 0 Å². The van der Waals surface area contributed by atoms with Crippen molar-refractivity contribution in [2.75, 3.05) is 0 Å². The van der Waals surface area contributed by atoms with Crippen molar-refractivity contribution < 1.29 is 0 Å². The normalized spacial score (nSPS) is 11.7. The Morgan fingerprint density at radius 3 is 2.57 bits per heavy atom. The smallest absolute Gasteiger partial charge is 0.0821 e. The average molecular weight is 288 g/mol. The second-order valence-corrected chi connectivity index (χ2v) is 5.92. The summed E-state index contributed by atoms with van der Waals surface area (Å²) in [5.41, 5.74) is 2.43. The van der Waals surface area contributed by atoms with Crippen LogP contribution in [0.15, 0.2) is 30.6 Å². The van der Waals surface area contributed by atoms with Crippen LogP contribution in [0.5, 0.6) is 0 Å². The number of aromatic nitrogens is 3. The van der Waals surface area contributed by atoms with Crippen molar-refractivity contribution in [3.05, 3.63) is 42.0 Å². The molecule has 1 N–H and O–H groups in total. The Kier molecular flexibility index (Phi) is 5.62. The molecule has 0 aliphatic heterocycles. The quantitative estimate of drug-likeness (QED) is 0.805. The minimum atomic E-state index is 0.502. The minimum Gasteiger partial charge on any atom is -0.344 e. The van der Waals surface area contributed by atoms with Crippen LogP contribution >= 0.6 is 0 Å². The lowest BCUT2D eigenvalue weighted by Crippen LogP contribution is -2.23. The predicted molar refractivity (Wildman–Crippen MR) is 87.4 cm³/mol. The summed E-state index contributed by atoms with van der Waals surface area (Å²) in [5.74, 6) is 0. The van der Waals surface area contributed by atoms with Gasteiger partial charge < -0.3 is 9.88 Å². The van der Waals surface area contributed by atoms with E-state index in [9.17, 15) is 0 Å². The van der Waals surface area contributed by atoms with E-state index in [1.807, 2.05) is 0 Å². The van der Waals surface area contributed by atoms with Gasteiger partial charge in [-0.05, 0) is 31.0 Å². The molecule has 0 saturated carbocycles. The Morgan fingerprint density at radius 2 is 1.90 bits per heavy atom. The summed E-state index contributed by atoms with van der Waals surface area (Å²) < 4.78 is 4.39. The fraction of sp³-hybridized carbons (Fsp3) is 0.588. The first-order valence-corrected chi connectivity index (χ1v) is 8.05. The molecule has 2 aromatic heterocycles. The van der Waals surface area contributed by atoms with Crippen molar-refractivity contribution in [2.45, 2.75) is 65.7 Å². The summed E-state index contributed by atoms with van der Waals surface area (Å²) in [5, 5.41) is 8.21. The summed E-state index contributed by atoms with van der Waals surface area (Å²) in [6.07, 6.45) is 6.51. The number of rotatable bonds is 8. The number of nitrogens with zero attached hydrogens (tertiary/aromatic N) is 3. The Labute approximate surface area is 128 Å². The van der Waals surface area contributed by atoms with Gasteiger partial charge in [0.1, 0.15) is 0 Å². The molecule has 0 amide bonds. The first-order valence-electron chi connectivity index (χ1n) is 8.05. The second-order valence-electron chi connectivity index (χ2n) is 5.92. The Hall–Kier alpha value is -1.55. The van der Waals surface area contributed by atoms with Crippen molar-refractivity contribution >= 4 is 0 Å². The average Bonchev–Trinajstić information content (AvgIpc) is 3.08. The number of nitrogens with one attached hydrogen (secondary N) is 1. The molecule has 0 aliphatic carbocycles. The second kappa shape index (κ2) is 7.46. The molecule has 0 saturated heterocycles. The molecular formula is C17H28N4. The summed E-state index contributed by atoms with van der Waals surface area (Å²) in [6.45, 7) is 10.5. The van der Waals surface area contributed by atoms with Gasteiger partial charge in [0.05, 0.1) is 18.3 Å². The van der Waals surface area contributed by atoms with E-state index in [-0.39, 0.29) is 0 Å². The van der Waals surface area contributed by atoms with Gasteiger partial charge in [-0.1, -0.05) is 27.7 Å². The van der Waals surface area contributed by atoms with Crippen LogP contribution in [0.25, 0.3) is 0 Å².